The molecule has 158 valence electrons. The zero-order chi connectivity index (χ0) is 20.3. The Hall–Kier alpha value is -2.48. The molecule has 0 atom stereocenters. The summed E-state index contributed by atoms with van der Waals surface area (Å²) >= 11 is 0. The lowest BCUT2D eigenvalue weighted by molar-refractivity contribution is 0.0925. The molecular weight excluding hydrogens is 405 g/mol. The zero-order valence-corrected chi connectivity index (χ0v) is 17.0. The van der Waals surface area contributed by atoms with Crippen LogP contribution in [0.25, 0.3) is 0 Å². The number of pyridine rings is 1. The van der Waals surface area contributed by atoms with E-state index in [4.69, 9.17) is 0 Å². The van der Waals surface area contributed by atoms with Gasteiger partial charge in [-0.2, -0.15) is 0 Å². The Balaban J connectivity index is 0.00000300. The van der Waals surface area contributed by atoms with Crippen LogP contribution in [0.2, 0.25) is 0 Å². The smallest absolute Gasteiger partial charge is 0.251 e. The summed E-state index contributed by atoms with van der Waals surface area (Å²) in [6, 6.07) is 3.52. The first-order chi connectivity index (χ1) is 13.4. The number of hydrogen-bond acceptors (Lipinski definition) is 4. The number of amides is 1. The van der Waals surface area contributed by atoms with Crippen molar-refractivity contribution >= 4 is 29.8 Å². The van der Waals surface area contributed by atoms with Gasteiger partial charge in [0.1, 0.15) is 5.82 Å². The lowest BCUT2D eigenvalue weighted by atomic mass is 9.91. The maximum absolute atomic E-state index is 13.3. The summed E-state index contributed by atoms with van der Waals surface area (Å²) in [5, 5.41) is 9.30. The standard InChI is InChI=1S/C20H23F3N4O.ClH/c1-11-10-25-18(9-17(11)24-2)26-13-3-5-14(6-4-13)27-20(28)12-7-15(21)19(23)16(22)8-12;/h7-10,13-14H,3-6H2,1-2H3,(H,27,28)(H2,24,25,26);1H/t13-,14+;. The second-order valence-corrected chi connectivity index (χ2v) is 7.05. The molecule has 1 aliphatic carbocycles. The van der Waals surface area contributed by atoms with Gasteiger partial charge in [0.2, 0.25) is 0 Å². The highest BCUT2D eigenvalue weighted by Crippen LogP contribution is 2.24. The third-order valence-corrected chi connectivity index (χ3v) is 5.03. The van der Waals surface area contributed by atoms with Crippen LogP contribution in [0.15, 0.2) is 24.4 Å². The van der Waals surface area contributed by atoms with Crippen LogP contribution in [0.3, 0.4) is 0 Å². The van der Waals surface area contributed by atoms with Gasteiger partial charge in [0.25, 0.3) is 5.91 Å². The van der Waals surface area contributed by atoms with Crippen molar-refractivity contribution in [1.29, 1.82) is 0 Å². The number of anilines is 2. The molecule has 1 fully saturated rings. The summed E-state index contributed by atoms with van der Waals surface area (Å²) in [5.41, 5.74) is 1.85. The van der Waals surface area contributed by atoms with E-state index in [9.17, 15) is 18.0 Å². The first kappa shape index (κ1) is 22.8. The van der Waals surface area contributed by atoms with Crippen LogP contribution in [0, 0.1) is 24.4 Å². The minimum atomic E-state index is -1.57. The maximum Gasteiger partial charge on any atom is 0.251 e. The molecule has 1 saturated carbocycles. The van der Waals surface area contributed by atoms with Gasteiger partial charge in [-0.1, -0.05) is 0 Å². The second kappa shape index (κ2) is 9.82. The molecule has 0 unspecified atom stereocenters. The molecule has 0 radical (unpaired) electrons. The van der Waals surface area contributed by atoms with E-state index in [0.29, 0.717) is 12.1 Å². The molecule has 1 aromatic carbocycles. The van der Waals surface area contributed by atoms with Crippen molar-refractivity contribution in [2.45, 2.75) is 44.7 Å². The Morgan fingerprint density at radius 2 is 1.62 bits per heavy atom. The number of halogens is 4. The molecule has 0 aliphatic heterocycles. The minimum Gasteiger partial charge on any atom is -0.388 e. The average molecular weight is 429 g/mol. The average Bonchev–Trinajstić information content (AvgIpc) is 2.68. The van der Waals surface area contributed by atoms with E-state index in [-0.39, 0.29) is 30.1 Å². The molecule has 5 nitrogen and oxygen atoms in total. The molecule has 3 rings (SSSR count). The Labute approximate surface area is 173 Å². The summed E-state index contributed by atoms with van der Waals surface area (Å²) in [4.78, 5) is 16.6. The topological polar surface area (TPSA) is 66.0 Å². The van der Waals surface area contributed by atoms with E-state index in [1.165, 1.54) is 0 Å². The van der Waals surface area contributed by atoms with Crippen LogP contribution >= 0.6 is 12.4 Å². The van der Waals surface area contributed by atoms with Crippen molar-refractivity contribution in [1.82, 2.24) is 10.3 Å². The van der Waals surface area contributed by atoms with Gasteiger partial charge < -0.3 is 16.0 Å². The summed E-state index contributed by atoms with van der Waals surface area (Å²) in [6.07, 6.45) is 4.89. The predicted molar refractivity (Wildman–Crippen MR) is 109 cm³/mol. The fourth-order valence-corrected chi connectivity index (χ4v) is 3.42. The summed E-state index contributed by atoms with van der Waals surface area (Å²) < 4.78 is 39.6. The van der Waals surface area contributed by atoms with E-state index in [1.807, 2.05) is 20.0 Å². The molecule has 1 aliphatic rings. The SMILES string of the molecule is CNc1cc(N[C@H]2CC[C@@H](NC(=O)c3cc(F)c(F)c(F)c3)CC2)ncc1C.Cl. The molecular formula is C20H24ClF3N4O. The fraction of sp³-hybridized carbons (Fsp3) is 0.400. The third kappa shape index (κ3) is 5.53. The van der Waals surface area contributed by atoms with Crippen molar-refractivity contribution in [3.63, 3.8) is 0 Å². The number of carbonyl (C=O) groups is 1. The molecule has 1 aromatic heterocycles. The highest BCUT2D eigenvalue weighted by molar-refractivity contribution is 5.94. The summed E-state index contributed by atoms with van der Waals surface area (Å²) in [5.74, 6) is -4.13. The lowest BCUT2D eigenvalue weighted by Crippen LogP contribution is -2.40. The van der Waals surface area contributed by atoms with E-state index < -0.39 is 23.4 Å². The fourth-order valence-electron chi connectivity index (χ4n) is 3.42. The minimum absolute atomic E-state index is 0. The van der Waals surface area contributed by atoms with Crippen molar-refractivity contribution in [3.8, 4) is 0 Å². The van der Waals surface area contributed by atoms with Crippen LogP contribution in [0.4, 0.5) is 24.7 Å². The third-order valence-electron chi connectivity index (χ3n) is 5.03. The van der Waals surface area contributed by atoms with Gasteiger partial charge in [0.15, 0.2) is 17.5 Å². The normalized spacial score (nSPS) is 18.5. The number of nitrogens with one attached hydrogen (secondary N) is 3. The number of aromatic nitrogens is 1. The van der Waals surface area contributed by atoms with Crippen molar-refractivity contribution in [3.05, 3.63) is 53.0 Å². The van der Waals surface area contributed by atoms with E-state index in [1.54, 1.807) is 6.20 Å². The number of nitrogens with zero attached hydrogens (tertiary/aromatic N) is 1. The van der Waals surface area contributed by atoms with Gasteiger partial charge >= 0.3 is 0 Å². The van der Waals surface area contributed by atoms with Crippen molar-refractivity contribution < 1.29 is 18.0 Å². The van der Waals surface area contributed by atoms with Crippen molar-refractivity contribution in [2.24, 2.45) is 0 Å². The van der Waals surface area contributed by atoms with Gasteiger partial charge in [-0.3, -0.25) is 4.79 Å². The largest absolute Gasteiger partial charge is 0.388 e. The Kier molecular flexibility index (Phi) is 7.73. The number of rotatable bonds is 5. The van der Waals surface area contributed by atoms with Crippen LogP contribution in [0.1, 0.15) is 41.6 Å². The first-order valence-electron chi connectivity index (χ1n) is 9.23. The van der Waals surface area contributed by atoms with Crippen molar-refractivity contribution in [2.75, 3.05) is 17.7 Å². The van der Waals surface area contributed by atoms with Gasteiger partial charge in [0, 0.05) is 42.6 Å². The molecule has 2 aromatic rings. The monoisotopic (exact) mass is 428 g/mol. The second-order valence-electron chi connectivity index (χ2n) is 7.05. The number of benzene rings is 1. The van der Waals surface area contributed by atoms with E-state index in [0.717, 1.165) is 42.8 Å². The number of aryl methyl sites for hydroxylation is 1. The Bertz CT molecular complexity index is 850. The zero-order valence-electron chi connectivity index (χ0n) is 16.2. The molecule has 9 heteroatoms. The molecule has 3 N–H and O–H groups in total. The molecule has 0 saturated heterocycles. The van der Waals surface area contributed by atoms with Crippen LogP contribution < -0.4 is 16.0 Å². The van der Waals surface area contributed by atoms with E-state index in [2.05, 4.69) is 20.9 Å². The van der Waals surface area contributed by atoms with Crippen LogP contribution in [-0.4, -0.2) is 30.0 Å². The maximum atomic E-state index is 13.3. The van der Waals surface area contributed by atoms with Gasteiger partial charge in [0.05, 0.1) is 0 Å². The Morgan fingerprint density at radius 3 is 2.21 bits per heavy atom. The molecule has 1 amide bonds. The molecule has 0 bridgehead atoms. The number of hydrogen-bond donors (Lipinski definition) is 3. The molecule has 29 heavy (non-hydrogen) atoms. The first-order valence-corrected chi connectivity index (χ1v) is 9.23. The quantitative estimate of drug-likeness (QED) is 0.617. The van der Waals surface area contributed by atoms with Crippen LogP contribution in [0.5, 0.6) is 0 Å². The van der Waals surface area contributed by atoms with Gasteiger partial charge in [-0.15, -0.1) is 12.4 Å². The summed E-state index contributed by atoms with van der Waals surface area (Å²) in [6.45, 7) is 1.98. The van der Waals surface area contributed by atoms with Gasteiger partial charge in [-0.05, 0) is 50.3 Å². The highest BCUT2D eigenvalue weighted by atomic mass is 35.5. The van der Waals surface area contributed by atoms with Gasteiger partial charge in [-0.25, -0.2) is 18.2 Å². The predicted octanol–water partition coefficient (Wildman–Crippen LogP) is 4.42. The lowest BCUT2D eigenvalue weighted by Gasteiger charge is -2.30. The highest BCUT2D eigenvalue weighted by Gasteiger charge is 2.24. The molecule has 0 spiro atoms. The molecule has 1 heterocycles. The van der Waals surface area contributed by atoms with Crippen LogP contribution in [-0.2, 0) is 0 Å². The van der Waals surface area contributed by atoms with E-state index >= 15 is 0 Å². The number of carbonyl (C=O) groups excluding carboxylic acids is 1. The Morgan fingerprint density at radius 1 is 1.03 bits per heavy atom. The summed E-state index contributed by atoms with van der Waals surface area (Å²) in [7, 11) is 1.86.